The number of hydrogen-bond acceptors (Lipinski definition) is 5. The molecule has 0 radical (unpaired) electrons. The van der Waals surface area contributed by atoms with E-state index in [-0.39, 0.29) is 11.5 Å². The highest BCUT2D eigenvalue weighted by Gasteiger charge is 2.21. The van der Waals surface area contributed by atoms with Gasteiger partial charge in [0.1, 0.15) is 0 Å². The number of rotatable bonds is 5. The summed E-state index contributed by atoms with van der Waals surface area (Å²) in [6.45, 7) is 3.57. The second-order valence-corrected chi connectivity index (χ2v) is 7.15. The first-order chi connectivity index (χ1) is 13.0. The molecule has 0 aliphatic carbocycles. The van der Waals surface area contributed by atoms with Crippen molar-refractivity contribution in [2.75, 3.05) is 16.4 Å². The van der Waals surface area contributed by atoms with E-state index in [2.05, 4.69) is 17.6 Å². The maximum atomic E-state index is 12.3. The molecule has 2 N–H and O–H groups in total. The van der Waals surface area contributed by atoms with Gasteiger partial charge in [-0.05, 0) is 49.2 Å². The topological polar surface area (TPSA) is 84.5 Å². The lowest BCUT2D eigenvalue weighted by atomic mass is 10.1. The van der Waals surface area contributed by atoms with E-state index in [1.165, 1.54) is 24.2 Å². The number of benzene rings is 2. The van der Waals surface area contributed by atoms with Crippen LogP contribution >= 0.6 is 11.8 Å². The number of amides is 2. The number of nitrogens with one attached hydrogen (secondary N) is 2. The van der Waals surface area contributed by atoms with Crippen LogP contribution in [0, 0.1) is 0 Å². The number of fused-ring (bicyclic) bond motifs is 1. The SMILES string of the molecule is CCc1ccc(NC(=O)[C@@H](C)OC(=O)c2ccc3c(c2)NC(=O)CS3)cc1. The molecule has 1 heterocycles. The minimum absolute atomic E-state index is 0.111. The van der Waals surface area contributed by atoms with Crippen LogP contribution in [0.2, 0.25) is 0 Å². The predicted molar refractivity (Wildman–Crippen MR) is 105 cm³/mol. The summed E-state index contributed by atoms with van der Waals surface area (Å²) in [5.41, 5.74) is 2.68. The first-order valence-electron chi connectivity index (χ1n) is 8.63. The average Bonchev–Trinajstić information content (AvgIpc) is 2.67. The van der Waals surface area contributed by atoms with Crippen LogP contribution in [-0.4, -0.2) is 29.6 Å². The zero-order valence-electron chi connectivity index (χ0n) is 15.1. The van der Waals surface area contributed by atoms with Gasteiger partial charge in [0.15, 0.2) is 6.10 Å². The number of anilines is 2. The lowest BCUT2D eigenvalue weighted by Crippen LogP contribution is -2.30. The Labute approximate surface area is 161 Å². The quantitative estimate of drug-likeness (QED) is 0.771. The standard InChI is InChI=1S/C20H20N2O4S/c1-3-13-4-7-15(8-5-13)21-19(24)12(2)26-20(25)14-6-9-17-16(10-14)22-18(23)11-27-17/h4-10,12H,3,11H2,1-2H3,(H,21,24)(H,22,23)/t12-/m1/s1. The predicted octanol–water partition coefficient (Wildman–Crippen LogP) is 3.48. The van der Waals surface area contributed by atoms with E-state index >= 15 is 0 Å². The smallest absolute Gasteiger partial charge is 0.338 e. The molecule has 27 heavy (non-hydrogen) atoms. The fourth-order valence-corrected chi connectivity index (χ4v) is 3.35. The van der Waals surface area contributed by atoms with Gasteiger partial charge in [-0.2, -0.15) is 0 Å². The molecule has 0 fully saturated rings. The van der Waals surface area contributed by atoms with Gasteiger partial charge in [-0.3, -0.25) is 9.59 Å². The molecule has 1 atom stereocenters. The fourth-order valence-electron chi connectivity index (χ4n) is 2.56. The first kappa shape index (κ1) is 19.0. The third-order valence-corrected chi connectivity index (χ3v) is 5.20. The maximum absolute atomic E-state index is 12.3. The minimum atomic E-state index is -0.955. The maximum Gasteiger partial charge on any atom is 0.338 e. The lowest BCUT2D eigenvalue weighted by molar-refractivity contribution is -0.123. The van der Waals surface area contributed by atoms with Crippen molar-refractivity contribution in [2.45, 2.75) is 31.3 Å². The second kappa shape index (κ2) is 8.26. The molecule has 7 heteroatoms. The Bertz CT molecular complexity index is 880. The van der Waals surface area contributed by atoms with Crippen molar-refractivity contribution >= 4 is 40.9 Å². The van der Waals surface area contributed by atoms with Gasteiger partial charge >= 0.3 is 5.97 Å². The van der Waals surface area contributed by atoms with E-state index < -0.39 is 18.0 Å². The zero-order chi connectivity index (χ0) is 19.4. The lowest BCUT2D eigenvalue weighted by Gasteiger charge is -2.18. The average molecular weight is 384 g/mol. The minimum Gasteiger partial charge on any atom is -0.449 e. The largest absolute Gasteiger partial charge is 0.449 e. The van der Waals surface area contributed by atoms with Crippen molar-refractivity contribution in [3.05, 3.63) is 53.6 Å². The van der Waals surface area contributed by atoms with E-state index in [0.29, 0.717) is 17.1 Å². The number of hydrogen-bond donors (Lipinski definition) is 2. The van der Waals surface area contributed by atoms with E-state index in [1.54, 1.807) is 18.2 Å². The highest BCUT2D eigenvalue weighted by atomic mass is 32.2. The number of ether oxygens (including phenoxy) is 1. The summed E-state index contributed by atoms with van der Waals surface area (Å²) in [6, 6.07) is 12.5. The summed E-state index contributed by atoms with van der Waals surface area (Å²) in [5.74, 6) is -0.784. The van der Waals surface area contributed by atoms with Crippen LogP contribution in [0.3, 0.4) is 0 Å². The Balaban J connectivity index is 1.62. The van der Waals surface area contributed by atoms with Gasteiger partial charge in [-0.1, -0.05) is 19.1 Å². The van der Waals surface area contributed by atoms with Gasteiger partial charge in [-0.25, -0.2) is 4.79 Å². The van der Waals surface area contributed by atoms with E-state index in [0.717, 1.165) is 11.3 Å². The summed E-state index contributed by atoms with van der Waals surface area (Å²) in [7, 11) is 0. The molecular weight excluding hydrogens is 364 g/mol. The number of thioether (sulfide) groups is 1. The number of carbonyl (C=O) groups is 3. The normalized spacial score (nSPS) is 13.9. The Morgan fingerprint density at radius 2 is 1.96 bits per heavy atom. The third kappa shape index (κ3) is 4.68. The van der Waals surface area contributed by atoms with Crippen molar-refractivity contribution < 1.29 is 19.1 Å². The van der Waals surface area contributed by atoms with Crippen molar-refractivity contribution in [3.8, 4) is 0 Å². The summed E-state index contributed by atoms with van der Waals surface area (Å²) in [5, 5.41) is 5.46. The summed E-state index contributed by atoms with van der Waals surface area (Å²) >= 11 is 1.41. The van der Waals surface area contributed by atoms with E-state index in [1.807, 2.05) is 24.3 Å². The van der Waals surface area contributed by atoms with Crippen LogP contribution in [0.25, 0.3) is 0 Å². The van der Waals surface area contributed by atoms with Crippen molar-refractivity contribution in [3.63, 3.8) is 0 Å². The molecule has 140 valence electrons. The van der Waals surface area contributed by atoms with Gasteiger partial charge in [-0.15, -0.1) is 11.8 Å². The van der Waals surface area contributed by atoms with Crippen LogP contribution in [-0.2, 0) is 20.7 Å². The van der Waals surface area contributed by atoms with Gasteiger partial charge in [0.05, 0.1) is 17.0 Å². The molecule has 1 aliphatic heterocycles. The molecule has 2 aromatic rings. The van der Waals surface area contributed by atoms with Gasteiger partial charge in [0, 0.05) is 10.6 Å². The van der Waals surface area contributed by atoms with Crippen molar-refractivity contribution in [1.82, 2.24) is 0 Å². The molecular formula is C20H20N2O4S. The zero-order valence-corrected chi connectivity index (χ0v) is 15.9. The molecule has 2 amide bonds. The number of aryl methyl sites for hydroxylation is 1. The van der Waals surface area contributed by atoms with Gasteiger partial charge in [0.25, 0.3) is 5.91 Å². The Morgan fingerprint density at radius 3 is 2.67 bits per heavy atom. The molecule has 0 bridgehead atoms. The van der Waals surface area contributed by atoms with Crippen LogP contribution in [0.5, 0.6) is 0 Å². The highest BCUT2D eigenvalue weighted by Crippen LogP contribution is 2.32. The molecule has 0 saturated heterocycles. The van der Waals surface area contributed by atoms with Crippen molar-refractivity contribution in [1.29, 1.82) is 0 Å². The summed E-state index contributed by atoms with van der Waals surface area (Å²) in [4.78, 5) is 37.0. The monoisotopic (exact) mass is 384 g/mol. The summed E-state index contributed by atoms with van der Waals surface area (Å²) < 4.78 is 5.26. The third-order valence-electron chi connectivity index (χ3n) is 4.13. The Kier molecular flexibility index (Phi) is 5.81. The molecule has 0 spiro atoms. The molecule has 2 aromatic carbocycles. The van der Waals surface area contributed by atoms with Crippen LogP contribution in [0.15, 0.2) is 47.4 Å². The summed E-state index contributed by atoms with van der Waals surface area (Å²) in [6.07, 6.45) is -0.0366. The number of carbonyl (C=O) groups excluding carboxylic acids is 3. The second-order valence-electron chi connectivity index (χ2n) is 6.14. The Morgan fingerprint density at radius 1 is 1.22 bits per heavy atom. The molecule has 0 aromatic heterocycles. The van der Waals surface area contributed by atoms with E-state index in [4.69, 9.17) is 4.74 Å². The van der Waals surface area contributed by atoms with Gasteiger partial charge < -0.3 is 15.4 Å². The van der Waals surface area contributed by atoms with Crippen LogP contribution < -0.4 is 10.6 Å². The van der Waals surface area contributed by atoms with E-state index in [9.17, 15) is 14.4 Å². The number of esters is 1. The first-order valence-corrected chi connectivity index (χ1v) is 9.62. The molecule has 0 saturated carbocycles. The van der Waals surface area contributed by atoms with Crippen molar-refractivity contribution in [2.24, 2.45) is 0 Å². The molecule has 0 unspecified atom stereocenters. The van der Waals surface area contributed by atoms with Crippen LogP contribution in [0.1, 0.15) is 29.8 Å². The van der Waals surface area contributed by atoms with Gasteiger partial charge in [0.2, 0.25) is 5.91 Å². The highest BCUT2D eigenvalue weighted by molar-refractivity contribution is 8.00. The molecule has 6 nitrogen and oxygen atoms in total. The molecule has 3 rings (SSSR count). The van der Waals surface area contributed by atoms with Crippen LogP contribution in [0.4, 0.5) is 11.4 Å². The molecule has 1 aliphatic rings. The Hall–Kier alpha value is -2.80. The fraction of sp³-hybridized carbons (Fsp3) is 0.250.